The van der Waals surface area contributed by atoms with Crippen LogP contribution >= 0.6 is 0 Å². The van der Waals surface area contributed by atoms with E-state index in [1.165, 1.54) is 27.2 Å². The summed E-state index contributed by atoms with van der Waals surface area (Å²) in [4.78, 5) is 23.8. The maximum atomic E-state index is 13.0. The van der Waals surface area contributed by atoms with Crippen LogP contribution in [0.3, 0.4) is 0 Å². The van der Waals surface area contributed by atoms with Crippen LogP contribution in [0.25, 0.3) is 10.9 Å². The highest BCUT2D eigenvalue weighted by Gasteiger charge is 2.32. The number of hydrogen-bond acceptors (Lipinski definition) is 4. The van der Waals surface area contributed by atoms with E-state index in [1.807, 2.05) is 13.8 Å². The molecule has 0 bridgehead atoms. The van der Waals surface area contributed by atoms with Crippen LogP contribution in [-0.4, -0.2) is 41.5 Å². The van der Waals surface area contributed by atoms with Gasteiger partial charge in [0, 0.05) is 31.7 Å². The first kappa shape index (κ1) is 18.6. The third kappa shape index (κ3) is 3.14. The molecule has 0 aliphatic carbocycles. The molecule has 1 aromatic heterocycles. The van der Waals surface area contributed by atoms with Crippen LogP contribution in [0.2, 0.25) is 0 Å². The molecule has 140 valence electrons. The molecule has 1 N–H and O–H groups in total. The molecular formula is C18H22N2O5S. The fraction of sp³-hybridized carbons (Fsp3) is 0.444. The predicted octanol–water partition coefficient (Wildman–Crippen LogP) is 1.90. The van der Waals surface area contributed by atoms with Crippen molar-refractivity contribution in [2.45, 2.75) is 25.2 Å². The molecule has 1 aliphatic rings. The van der Waals surface area contributed by atoms with E-state index in [-0.39, 0.29) is 27.7 Å². The molecule has 0 amide bonds. The van der Waals surface area contributed by atoms with E-state index in [0.717, 1.165) is 6.42 Å². The van der Waals surface area contributed by atoms with Crippen LogP contribution in [0.5, 0.6) is 0 Å². The van der Waals surface area contributed by atoms with Crippen LogP contribution in [0.15, 0.2) is 34.1 Å². The topological polar surface area (TPSA) is 96.7 Å². The second kappa shape index (κ2) is 6.51. The lowest BCUT2D eigenvalue weighted by Crippen LogP contribution is -2.42. The number of fused-ring (bicyclic) bond motifs is 1. The standard InChI is InChI=1S/C18H22N2O5S/c1-11-6-12(2)9-20(8-11)26(24,25)13-4-5-16-14(7-13)17(21)15(18(22)23)10-19(16)3/h4-5,7,10-12H,6,8-9H2,1-3H3,(H,22,23). The summed E-state index contributed by atoms with van der Waals surface area (Å²) in [6, 6.07) is 4.32. The van der Waals surface area contributed by atoms with Gasteiger partial charge in [-0.3, -0.25) is 4.79 Å². The molecule has 2 heterocycles. The molecule has 0 spiro atoms. The van der Waals surface area contributed by atoms with Crippen molar-refractivity contribution in [1.82, 2.24) is 8.87 Å². The number of benzene rings is 1. The number of carboxylic acids is 1. The number of aromatic nitrogens is 1. The van der Waals surface area contributed by atoms with Gasteiger partial charge in [0.15, 0.2) is 0 Å². The van der Waals surface area contributed by atoms with E-state index < -0.39 is 21.4 Å². The molecule has 2 atom stereocenters. The van der Waals surface area contributed by atoms with Crippen molar-refractivity contribution in [2.24, 2.45) is 18.9 Å². The Kier molecular flexibility index (Phi) is 4.66. The molecule has 2 aromatic rings. The normalized spacial score (nSPS) is 21.8. The molecule has 2 unspecified atom stereocenters. The maximum absolute atomic E-state index is 13.0. The third-order valence-electron chi connectivity index (χ3n) is 4.86. The molecule has 1 aliphatic heterocycles. The van der Waals surface area contributed by atoms with Gasteiger partial charge in [0.25, 0.3) is 0 Å². The summed E-state index contributed by atoms with van der Waals surface area (Å²) in [6.45, 7) is 4.93. The van der Waals surface area contributed by atoms with Gasteiger partial charge in [0.2, 0.25) is 15.5 Å². The van der Waals surface area contributed by atoms with Gasteiger partial charge in [-0.05, 0) is 36.5 Å². The van der Waals surface area contributed by atoms with E-state index in [1.54, 1.807) is 13.1 Å². The minimum atomic E-state index is -3.74. The van der Waals surface area contributed by atoms with E-state index in [9.17, 15) is 23.1 Å². The smallest absolute Gasteiger partial charge is 0.341 e. The van der Waals surface area contributed by atoms with Crippen LogP contribution in [0.4, 0.5) is 0 Å². The lowest BCUT2D eigenvalue weighted by Gasteiger charge is -2.34. The first-order valence-corrected chi connectivity index (χ1v) is 9.92. The number of piperidine rings is 1. The van der Waals surface area contributed by atoms with Crippen molar-refractivity contribution in [3.8, 4) is 0 Å². The number of aromatic carboxylic acids is 1. The Morgan fingerprint density at radius 3 is 2.38 bits per heavy atom. The van der Waals surface area contributed by atoms with Gasteiger partial charge in [0.1, 0.15) is 5.56 Å². The van der Waals surface area contributed by atoms with E-state index >= 15 is 0 Å². The Labute approximate surface area is 151 Å². The molecule has 1 aromatic carbocycles. The molecule has 1 saturated heterocycles. The predicted molar refractivity (Wildman–Crippen MR) is 97.9 cm³/mol. The second-order valence-electron chi connectivity index (χ2n) is 7.23. The van der Waals surface area contributed by atoms with Crippen LogP contribution in [0, 0.1) is 11.8 Å². The quantitative estimate of drug-likeness (QED) is 0.880. The number of pyridine rings is 1. The average molecular weight is 378 g/mol. The summed E-state index contributed by atoms with van der Waals surface area (Å²) in [5.74, 6) is -0.805. The Morgan fingerprint density at radius 2 is 1.81 bits per heavy atom. The fourth-order valence-corrected chi connectivity index (χ4v) is 5.44. The molecular weight excluding hydrogens is 356 g/mol. The van der Waals surface area contributed by atoms with E-state index in [0.29, 0.717) is 18.6 Å². The summed E-state index contributed by atoms with van der Waals surface area (Å²) in [5, 5.41) is 9.29. The average Bonchev–Trinajstić information content (AvgIpc) is 2.56. The highest BCUT2D eigenvalue weighted by molar-refractivity contribution is 7.89. The number of carboxylic acid groups (broad SMARTS) is 1. The Hall–Kier alpha value is -2.19. The minimum absolute atomic E-state index is 0.0194. The first-order valence-electron chi connectivity index (χ1n) is 8.48. The Bertz CT molecular complexity index is 1030. The van der Waals surface area contributed by atoms with Crippen molar-refractivity contribution in [3.63, 3.8) is 0 Å². The number of aryl methyl sites for hydroxylation is 1. The third-order valence-corrected chi connectivity index (χ3v) is 6.69. The number of carbonyl (C=O) groups is 1. The Balaban J connectivity index is 2.15. The van der Waals surface area contributed by atoms with E-state index in [2.05, 4.69) is 0 Å². The molecule has 0 radical (unpaired) electrons. The minimum Gasteiger partial charge on any atom is -0.477 e. The lowest BCUT2D eigenvalue weighted by molar-refractivity contribution is 0.0695. The van der Waals surface area contributed by atoms with Gasteiger partial charge in [-0.1, -0.05) is 13.8 Å². The van der Waals surface area contributed by atoms with Gasteiger partial charge in [-0.25, -0.2) is 13.2 Å². The van der Waals surface area contributed by atoms with Gasteiger partial charge < -0.3 is 9.67 Å². The zero-order valence-corrected chi connectivity index (χ0v) is 15.8. The number of sulfonamides is 1. The SMILES string of the molecule is CC1CC(C)CN(S(=O)(=O)c2ccc3c(c2)c(=O)c(C(=O)O)cn3C)C1. The molecule has 3 rings (SSSR count). The van der Waals surface area contributed by atoms with Gasteiger partial charge in [-0.2, -0.15) is 4.31 Å². The van der Waals surface area contributed by atoms with Crippen molar-refractivity contribution in [2.75, 3.05) is 13.1 Å². The summed E-state index contributed by atoms with van der Waals surface area (Å²) < 4.78 is 29.0. The zero-order chi connectivity index (χ0) is 19.2. The fourth-order valence-electron chi connectivity index (χ4n) is 3.74. The summed E-state index contributed by atoms with van der Waals surface area (Å²) >= 11 is 0. The first-order chi connectivity index (χ1) is 12.1. The number of hydrogen-bond donors (Lipinski definition) is 1. The maximum Gasteiger partial charge on any atom is 0.341 e. The van der Waals surface area contributed by atoms with Crippen LogP contribution in [0.1, 0.15) is 30.6 Å². The Morgan fingerprint density at radius 1 is 1.19 bits per heavy atom. The largest absolute Gasteiger partial charge is 0.477 e. The number of nitrogens with zero attached hydrogens (tertiary/aromatic N) is 2. The highest BCUT2D eigenvalue weighted by atomic mass is 32.2. The molecule has 26 heavy (non-hydrogen) atoms. The number of rotatable bonds is 3. The van der Waals surface area contributed by atoms with Gasteiger partial charge in [-0.15, -0.1) is 0 Å². The molecule has 1 fully saturated rings. The monoisotopic (exact) mass is 378 g/mol. The zero-order valence-electron chi connectivity index (χ0n) is 15.0. The van der Waals surface area contributed by atoms with Crippen molar-refractivity contribution in [1.29, 1.82) is 0 Å². The lowest BCUT2D eigenvalue weighted by atomic mass is 9.94. The summed E-state index contributed by atoms with van der Waals surface area (Å²) in [5.41, 5.74) is -0.572. The summed E-state index contributed by atoms with van der Waals surface area (Å²) in [6.07, 6.45) is 2.22. The van der Waals surface area contributed by atoms with Crippen LogP contribution in [-0.2, 0) is 17.1 Å². The van der Waals surface area contributed by atoms with Gasteiger partial charge >= 0.3 is 5.97 Å². The highest BCUT2D eigenvalue weighted by Crippen LogP contribution is 2.27. The van der Waals surface area contributed by atoms with Gasteiger partial charge in [0.05, 0.1) is 10.4 Å². The van der Waals surface area contributed by atoms with Crippen LogP contribution < -0.4 is 5.43 Å². The molecule has 8 heteroatoms. The van der Waals surface area contributed by atoms with Crippen molar-refractivity contribution >= 4 is 26.9 Å². The van der Waals surface area contributed by atoms with Crippen molar-refractivity contribution in [3.05, 3.63) is 40.2 Å². The second-order valence-corrected chi connectivity index (χ2v) is 9.17. The van der Waals surface area contributed by atoms with Crippen molar-refractivity contribution < 1.29 is 18.3 Å². The summed E-state index contributed by atoms with van der Waals surface area (Å²) in [7, 11) is -2.12. The molecule has 0 saturated carbocycles. The van der Waals surface area contributed by atoms with E-state index in [4.69, 9.17) is 0 Å². The molecule has 7 nitrogen and oxygen atoms in total.